The van der Waals surface area contributed by atoms with E-state index in [2.05, 4.69) is 25.9 Å². The zero-order chi connectivity index (χ0) is 10.8. The van der Waals surface area contributed by atoms with E-state index < -0.39 is 0 Å². The standard InChI is InChI=1S/C10H8BrClN2S/c1-2-7-4-9(12)14-10(13-7)8-3-6(11)5-15-8/h3-5H,2H2,1H3. The van der Waals surface area contributed by atoms with Crippen LogP contribution in [0.25, 0.3) is 10.7 Å². The van der Waals surface area contributed by atoms with Crippen molar-refractivity contribution in [3.63, 3.8) is 0 Å². The van der Waals surface area contributed by atoms with Crippen molar-refractivity contribution in [2.24, 2.45) is 0 Å². The van der Waals surface area contributed by atoms with Crippen LogP contribution in [-0.4, -0.2) is 9.97 Å². The summed E-state index contributed by atoms with van der Waals surface area (Å²) in [6, 6.07) is 3.80. The van der Waals surface area contributed by atoms with Gasteiger partial charge in [0.1, 0.15) is 5.15 Å². The average Bonchev–Trinajstić information content (AvgIpc) is 2.64. The zero-order valence-corrected chi connectivity index (χ0v) is 11.2. The van der Waals surface area contributed by atoms with Gasteiger partial charge in [0, 0.05) is 15.5 Å². The maximum Gasteiger partial charge on any atom is 0.171 e. The first kappa shape index (κ1) is 11.0. The van der Waals surface area contributed by atoms with Gasteiger partial charge < -0.3 is 0 Å². The highest BCUT2D eigenvalue weighted by Crippen LogP contribution is 2.28. The molecule has 0 saturated carbocycles. The average molecular weight is 304 g/mol. The molecule has 0 aliphatic carbocycles. The van der Waals surface area contributed by atoms with Crippen molar-refractivity contribution in [3.05, 3.63) is 32.8 Å². The summed E-state index contributed by atoms with van der Waals surface area (Å²) in [5.41, 5.74) is 0.967. The second-order valence-corrected chi connectivity index (χ2v) is 5.20. The van der Waals surface area contributed by atoms with Gasteiger partial charge in [0.25, 0.3) is 0 Å². The molecule has 0 atom stereocenters. The summed E-state index contributed by atoms with van der Waals surface area (Å²) in [5, 5.41) is 2.51. The predicted octanol–water partition coefficient (Wildman–Crippen LogP) is 4.18. The van der Waals surface area contributed by atoms with Gasteiger partial charge in [0.15, 0.2) is 5.82 Å². The molecule has 0 aromatic carbocycles. The molecule has 2 aromatic heterocycles. The van der Waals surface area contributed by atoms with Crippen molar-refractivity contribution < 1.29 is 0 Å². The fourth-order valence-corrected chi connectivity index (χ4v) is 2.75. The number of rotatable bonds is 2. The highest BCUT2D eigenvalue weighted by Gasteiger charge is 2.07. The van der Waals surface area contributed by atoms with Gasteiger partial charge in [-0.1, -0.05) is 18.5 Å². The summed E-state index contributed by atoms with van der Waals surface area (Å²) in [5.74, 6) is 0.704. The van der Waals surface area contributed by atoms with Crippen molar-refractivity contribution >= 4 is 38.9 Å². The molecule has 0 unspecified atom stereocenters. The van der Waals surface area contributed by atoms with Gasteiger partial charge in [-0.25, -0.2) is 9.97 Å². The van der Waals surface area contributed by atoms with Gasteiger partial charge >= 0.3 is 0 Å². The first-order valence-corrected chi connectivity index (χ1v) is 6.52. The van der Waals surface area contributed by atoms with Crippen LogP contribution in [0.15, 0.2) is 22.0 Å². The van der Waals surface area contributed by atoms with Gasteiger partial charge in [-0.15, -0.1) is 11.3 Å². The quantitative estimate of drug-likeness (QED) is 0.778. The number of hydrogen-bond donors (Lipinski definition) is 0. The summed E-state index contributed by atoms with van der Waals surface area (Å²) in [7, 11) is 0. The van der Waals surface area contributed by atoms with Gasteiger partial charge in [-0.2, -0.15) is 0 Å². The van der Waals surface area contributed by atoms with Crippen LogP contribution in [0, 0.1) is 0 Å². The van der Waals surface area contributed by atoms with E-state index in [0.717, 1.165) is 21.5 Å². The molecule has 0 spiro atoms. The van der Waals surface area contributed by atoms with Crippen molar-refractivity contribution in [2.75, 3.05) is 0 Å². The summed E-state index contributed by atoms with van der Waals surface area (Å²) in [6.07, 6.45) is 0.863. The largest absolute Gasteiger partial charge is 0.232 e. The second-order valence-electron chi connectivity index (χ2n) is 2.99. The minimum Gasteiger partial charge on any atom is -0.232 e. The van der Waals surface area contributed by atoms with E-state index in [1.165, 1.54) is 0 Å². The molecule has 0 fully saturated rings. The van der Waals surface area contributed by atoms with Crippen molar-refractivity contribution in [2.45, 2.75) is 13.3 Å². The number of halogens is 2. The van der Waals surface area contributed by atoms with Crippen molar-refractivity contribution in [1.29, 1.82) is 0 Å². The smallest absolute Gasteiger partial charge is 0.171 e. The van der Waals surface area contributed by atoms with Gasteiger partial charge in [0.2, 0.25) is 0 Å². The van der Waals surface area contributed by atoms with E-state index in [4.69, 9.17) is 11.6 Å². The molecule has 15 heavy (non-hydrogen) atoms. The molecule has 0 radical (unpaired) electrons. The third kappa shape index (κ3) is 2.56. The Hall–Kier alpha value is -0.450. The second kappa shape index (κ2) is 4.60. The highest BCUT2D eigenvalue weighted by molar-refractivity contribution is 9.10. The van der Waals surface area contributed by atoms with E-state index >= 15 is 0 Å². The van der Waals surface area contributed by atoms with Crippen LogP contribution in [0.3, 0.4) is 0 Å². The Morgan fingerprint density at radius 3 is 2.80 bits per heavy atom. The van der Waals surface area contributed by atoms with Crippen LogP contribution >= 0.6 is 38.9 Å². The van der Waals surface area contributed by atoms with E-state index in [0.29, 0.717) is 11.0 Å². The molecule has 0 aliphatic rings. The topological polar surface area (TPSA) is 25.8 Å². The van der Waals surface area contributed by atoms with Crippen LogP contribution < -0.4 is 0 Å². The molecule has 0 bridgehead atoms. The Morgan fingerprint density at radius 1 is 1.40 bits per heavy atom. The maximum absolute atomic E-state index is 5.93. The van der Waals surface area contributed by atoms with E-state index in [1.54, 1.807) is 17.4 Å². The molecule has 5 heteroatoms. The highest BCUT2D eigenvalue weighted by atomic mass is 79.9. The summed E-state index contributed by atoms with van der Waals surface area (Å²) in [6.45, 7) is 2.05. The fraction of sp³-hybridized carbons (Fsp3) is 0.200. The lowest BCUT2D eigenvalue weighted by atomic mass is 10.3. The van der Waals surface area contributed by atoms with Crippen LogP contribution in [0.2, 0.25) is 5.15 Å². The Bertz CT molecular complexity index is 484. The summed E-state index contributed by atoms with van der Waals surface area (Å²) >= 11 is 10.9. The molecule has 0 saturated heterocycles. The lowest BCUT2D eigenvalue weighted by Gasteiger charge is -2.00. The Labute approximate surface area is 105 Å². The molecule has 0 amide bonds. The van der Waals surface area contributed by atoms with Crippen LogP contribution in [0.4, 0.5) is 0 Å². The van der Waals surface area contributed by atoms with E-state index in [1.807, 2.05) is 18.4 Å². The maximum atomic E-state index is 5.93. The van der Waals surface area contributed by atoms with E-state index in [-0.39, 0.29) is 0 Å². The molecule has 2 rings (SSSR count). The fourth-order valence-electron chi connectivity index (χ4n) is 1.19. The first-order chi connectivity index (χ1) is 7.19. The van der Waals surface area contributed by atoms with Gasteiger partial charge in [-0.05, 0) is 34.5 Å². The number of nitrogens with zero attached hydrogens (tertiary/aromatic N) is 2. The van der Waals surface area contributed by atoms with Crippen LogP contribution in [0.5, 0.6) is 0 Å². The Balaban J connectivity index is 2.48. The normalized spacial score (nSPS) is 10.6. The zero-order valence-electron chi connectivity index (χ0n) is 8.00. The summed E-state index contributed by atoms with van der Waals surface area (Å²) in [4.78, 5) is 9.67. The monoisotopic (exact) mass is 302 g/mol. The molecule has 2 aromatic rings. The molecule has 2 nitrogen and oxygen atoms in total. The first-order valence-electron chi connectivity index (χ1n) is 4.47. The molecule has 0 N–H and O–H groups in total. The molecular weight excluding hydrogens is 296 g/mol. The number of aryl methyl sites for hydroxylation is 1. The molecular formula is C10H8BrClN2S. The van der Waals surface area contributed by atoms with Crippen molar-refractivity contribution in [3.8, 4) is 10.7 Å². The molecule has 0 aliphatic heterocycles. The third-order valence-electron chi connectivity index (χ3n) is 1.90. The minimum absolute atomic E-state index is 0.501. The lowest BCUT2D eigenvalue weighted by molar-refractivity contribution is 1.01. The molecule has 78 valence electrons. The van der Waals surface area contributed by atoms with Crippen molar-refractivity contribution in [1.82, 2.24) is 9.97 Å². The lowest BCUT2D eigenvalue weighted by Crippen LogP contribution is -1.93. The number of hydrogen-bond acceptors (Lipinski definition) is 3. The minimum atomic E-state index is 0.501. The Kier molecular flexibility index (Phi) is 3.38. The van der Waals surface area contributed by atoms with Crippen LogP contribution in [0.1, 0.15) is 12.6 Å². The van der Waals surface area contributed by atoms with Crippen LogP contribution in [-0.2, 0) is 6.42 Å². The van der Waals surface area contributed by atoms with E-state index in [9.17, 15) is 0 Å². The SMILES string of the molecule is CCc1cc(Cl)nc(-c2cc(Br)cs2)n1. The Morgan fingerprint density at radius 2 is 2.20 bits per heavy atom. The molecule has 2 heterocycles. The van der Waals surface area contributed by atoms with Gasteiger partial charge in [-0.3, -0.25) is 0 Å². The summed E-state index contributed by atoms with van der Waals surface area (Å²) < 4.78 is 1.05. The predicted molar refractivity (Wildman–Crippen MR) is 67.4 cm³/mol. The number of thiophene rings is 1. The third-order valence-corrected chi connectivity index (χ3v) is 3.78. The van der Waals surface area contributed by atoms with Gasteiger partial charge in [0.05, 0.1) is 4.88 Å². The number of aromatic nitrogens is 2.